The average Bonchev–Trinajstić information content (AvgIpc) is 2.28. The van der Waals surface area contributed by atoms with Gasteiger partial charge in [0.05, 0.1) is 12.2 Å². The predicted octanol–water partition coefficient (Wildman–Crippen LogP) is 2.73. The van der Waals surface area contributed by atoms with Crippen molar-refractivity contribution < 1.29 is 9.53 Å². The van der Waals surface area contributed by atoms with Gasteiger partial charge in [-0.3, -0.25) is 4.79 Å². The van der Waals surface area contributed by atoms with Crippen molar-refractivity contribution in [3.8, 4) is 5.75 Å². The molecule has 0 aliphatic heterocycles. The molecule has 1 aromatic rings. The van der Waals surface area contributed by atoms with Crippen LogP contribution in [-0.2, 0) is 0 Å². The Morgan fingerprint density at radius 3 is 2.65 bits per heavy atom. The lowest BCUT2D eigenvalue weighted by molar-refractivity contribution is 0.0817. The van der Waals surface area contributed by atoms with E-state index in [0.717, 1.165) is 5.33 Å². The number of benzene rings is 1. The molecule has 1 amide bonds. The standard InChI is InChI=1S/C13H16BrNO2/c14-8-13(6-3-7-13)9-17-11-5-2-1-4-10(11)12(15)16/h1-2,4-5H,3,6-9H2,(H2,15,16). The molecule has 0 radical (unpaired) electrons. The second-order valence-electron chi connectivity index (χ2n) is 4.64. The van der Waals surface area contributed by atoms with Crippen molar-refractivity contribution in [1.29, 1.82) is 0 Å². The Bertz CT molecular complexity index is 410. The smallest absolute Gasteiger partial charge is 0.252 e. The summed E-state index contributed by atoms with van der Waals surface area (Å²) in [5.41, 5.74) is 6.00. The minimum absolute atomic E-state index is 0.241. The molecule has 1 saturated carbocycles. The first-order valence-electron chi connectivity index (χ1n) is 5.74. The molecule has 1 fully saturated rings. The van der Waals surface area contributed by atoms with Gasteiger partial charge in [0.2, 0.25) is 0 Å². The molecule has 3 nitrogen and oxygen atoms in total. The first-order valence-corrected chi connectivity index (χ1v) is 6.87. The normalized spacial score (nSPS) is 17.2. The summed E-state index contributed by atoms with van der Waals surface area (Å²) in [4.78, 5) is 11.2. The van der Waals surface area contributed by atoms with Gasteiger partial charge in [-0.25, -0.2) is 0 Å². The van der Waals surface area contributed by atoms with Crippen LogP contribution in [0.3, 0.4) is 0 Å². The fraction of sp³-hybridized carbons (Fsp3) is 0.462. The van der Waals surface area contributed by atoms with Gasteiger partial charge in [-0.05, 0) is 25.0 Å². The molecule has 0 spiro atoms. The van der Waals surface area contributed by atoms with Gasteiger partial charge in [-0.15, -0.1) is 0 Å². The zero-order valence-corrected chi connectivity index (χ0v) is 11.2. The fourth-order valence-electron chi connectivity index (χ4n) is 2.02. The number of nitrogens with two attached hydrogens (primary N) is 1. The van der Waals surface area contributed by atoms with Crippen LogP contribution in [0.1, 0.15) is 29.6 Å². The highest BCUT2D eigenvalue weighted by Crippen LogP contribution is 2.42. The third-order valence-corrected chi connectivity index (χ3v) is 4.57. The summed E-state index contributed by atoms with van der Waals surface area (Å²) in [6.07, 6.45) is 3.61. The topological polar surface area (TPSA) is 52.3 Å². The molecule has 0 heterocycles. The molecular formula is C13H16BrNO2. The summed E-state index contributed by atoms with van der Waals surface area (Å²) in [6, 6.07) is 7.12. The van der Waals surface area contributed by atoms with Gasteiger partial charge in [0.1, 0.15) is 5.75 Å². The van der Waals surface area contributed by atoms with Crippen molar-refractivity contribution in [2.75, 3.05) is 11.9 Å². The first-order chi connectivity index (χ1) is 8.17. The van der Waals surface area contributed by atoms with Crippen LogP contribution in [0.15, 0.2) is 24.3 Å². The average molecular weight is 298 g/mol. The molecule has 1 aromatic carbocycles. The number of carbonyl (C=O) groups is 1. The summed E-state index contributed by atoms with van der Waals surface area (Å²) in [5, 5.41) is 0.943. The number of carbonyl (C=O) groups excluding carboxylic acids is 1. The van der Waals surface area contributed by atoms with Crippen molar-refractivity contribution in [1.82, 2.24) is 0 Å². The molecule has 92 valence electrons. The zero-order valence-electron chi connectivity index (χ0n) is 9.62. The van der Waals surface area contributed by atoms with Gasteiger partial charge in [-0.1, -0.05) is 34.5 Å². The predicted molar refractivity (Wildman–Crippen MR) is 70.5 cm³/mol. The number of rotatable bonds is 5. The molecule has 4 heteroatoms. The van der Waals surface area contributed by atoms with E-state index in [1.165, 1.54) is 19.3 Å². The van der Waals surface area contributed by atoms with E-state index in [1.54, 1.807) is 18.2 Å². The van der Waals surface area contributed by atoms with E-state index in [2.05, 4.69) is 15.9 Å². The van der Waals surface area contributed by atoms with Crippen LogP contribution in [0.4, 0.5) is 0 Å². The van der Waals surface area contributed by atoms with Crippen molar-refractivity contribution in [2.45, 2.75) is 19.3 Å². The lowest BCUT2D eigenvalue weighted by Gasteiger charge is -2.40. The number of ether oxygens (including phenoxy) is 1. The Balaban J connectivity index is 2.06. The van der Waals surface area contributed by atoms with Crippen LogP contribution in [0.2, 0.25) is 0 Å². The van der Waals surface area contributed by atoms with E-state index in [-0.39, 0.29) is 5.41 Å². The number of alkyl halides is 1. The minimum Gasteiger partial charge on any atom is -0.492 e. The molecule has 1 aliphatic carbocycles. The summed E-state index contributed by atoms with van der Waals surface area (Å²) in [7, 11) is 0. The Morgan fingerprint density at radius 1 is 1.41 bits per heavy atom. The van der Waals surface area contributed by atoms with E-state index >= 15 is 0 Å². The van der Waals surface area contributed by atoms with Gasteiger partial charge < -0.3 is 10.5 Å². The van der Waals surface area contributed by atoms with Crippen LogP contribution in [0.5, 0.6) is 5.75 Å². The fourth-order valence-corrected chi connectivity index (χ4v) is 2.74. The van der Waals surface area contributed by atoms with Crippen molar-refractivity contribution in [3.63, 3.8) is 0 Å². The maximum atomic E-state index is 11.2. The van der Waals surface area contributed by atoms with E-state index < -0.39 is 5.91 Å². The van der Waals surface area contributed by atoms with E-state index in [0.29, 0.717) is 17.9 Å². The molecule has 0 atom stereocenters. The van der Waals surface area contributed by atoms with Crippen molar-refractivity contribution in [2.24, 2.45) is 11.1 Å². The summed E-state index contributed by atoms with van der Waals surface area (Å²) in [6.45, 7) is 0.641. The number of hydrogen-bond donors (Lipinski definition) is 1. The van der Waals surface area contributed by atoms with Crippen LogP contribution < -0.4 is 10.5 Å². The Kier molecular flexibility index (Phi) is 3.72. The highest BCUT2D eigenvalue weighted by Gasteiger charge is 2.36. The van der Waals surface area contributed by atoms with Crippen LogP contribution in [0, 0.1) is 5.41 Å². The van der Waals surface area contributed by atoms with Crippen LogP contribution >= 0.6 is 15.9 Å². The SMILES string of the molecule is NC(=O)c1ccccc1OCC1(CBr)CCC1. The second kappa shape index (κ2) is 5.08. The summed E-state index contributed by atoms with van der Waals surface area (Å²) >= 11 is 3.53. The lowest BCUT2D eigenvalue weighted by Crippen LogP contribution is -2.37. The molecule has 1 aliphatic rings. The van der Waals surface area contributed by atoms with E-state index in [1.807, 2.05) is 6.07 Å². The van der Waals surface area contributed by atoms with Gasteiger partial charge in [0.25, 0.3) is 5.91 Å². The lowest BCUT2D eigenvalue weighted by atomic mass is 9.71. The zero-order chi connectivity index (χ0) is 12.3. The summed E-state index contributed by atoms with van der Waals surface area (Å²) < 4.78 is 5.77. The van der Waals surface area contributed by atoms with Gasteiger partial charge in [0.15, 0.2) is 0 Å². The first kappa shape index (κ1) is 12.4. The monoisotopic (exact) mass is 297 g/mol. The van der Waals surface area contributed by atoms with Crippen LogP contribution in [0.25, 0.3) is 0 Å². The Hall–Kier alpha value is -1.03. The minimum atomic E-state index is -0.442. The molecule has 2 rings (SSSR count). The summed E-state index contributed by atoms with van der Waals surface area (Å²) in [5.74, 6) is 0.148. The largest absolute Gasteiger partial charge is 0.492 e. The molecule has 0 aromatic heterocycles. The van der Waals surface area contributed by atoms with Crippen molar-refractivity contribution in [3.05, 3.63) is 29.8 Å². The third kappa shape index (κ3) is 2.63. The molecule has 0 saturated heterocycles. The number of halogens is 1. The number of amides is 1. The Morgan fingerprint density at radius 2 is 2.12 bits per heavy atom. The molecule has 17 heavy (non-hydrogen) atoms. The van der Waals surface area contributed by atoms with Crippen molar-refractivity contribution >= 4 is 21.8 Å². The molecule has 0 unspecified atom stereocenters. The number of para-hydroxylation sites is 1. The van der Waals surface area contributed by atoms with Crippen LogP contribution in [-0.4, -0.2) is 17.8 Å². The Labute approximate surface area is 109 Å². The molecular weight excluding hydrogens is 282 g/mol. The highest BCUT2D eigenvalue weighted by atomic mass is 79.9. The number of hydrogen-bond acceptors (Lipinski definition) is 2. The van der Waals surface area contributed by atoms with E-state index in [4.69, 9.17) is 10.5 Å². The molecule has 2 N–H and O–H groups in total. The van der Waals surface area contributed by atoms with Gasteiger partial charge in [-0.2, -0.15) is 0 Å². The third-order valence-electron chi connectivity index (χ3n) is 3.38. The quantitative estimate of drug-likeness (QED) is 0.850. The maximum Gasteiger partial charge on any atom is 0.252 e. The molecule has 0 bridgehead atoms. The second-order valence-corrected chi connectivity index (χ2v) is 5.20. The highest BCUT2D eigenvalue weighted by molar-refractivity contribution is 9.09. The van der Waals surface area contributed by atoms with Gasteiger partial charge >= 0.3 is 0 Å². The number of primary amides is 1. The van der Waals surface area contributed by atoms with Gasteiger partial charge in [0, 0.05) is 10.7 Å². The van der Waals surface area contributed by atoms with E-state index in [9.17, 15) is 4.79 Å². The maximum absolute atomic E-state index is 11.2.